The summed E-state index contributed by atoms with van der Waals surface area (Å²) in [5.41, 5.74) is 4.50. The number of carbonyl (C=O) groups is 1. The Balaban J connectivity index is -0.000000439. The molecule has 0 radical (unpaired) electrons. The minimum Gasteiger partial charge on any atom is -0.333 e. The summed E-state index contributed by atoms with van der Waals surface area (Å²) in [5.74, 6) is -0.442. The lowest BCUT2D eigenvalue weighted by molar-refractivity contribution is -0.127. The molecule has 1 atom stereocenters. The summed E-state index contributed by atoms with van der Waals surface area (Å²) in [6, 6.07) is 0. The Hall–Kier alpha value is 0.110. The maximum Gasteiger partial charge on any atom is 0.251 e. The lowest BCUT2D eigenvalue weighted by atomic mass is 10.2. The van der Waals surface area contributed by atoms with E-state index in [1.165, 1.54) is 25.9 Å². The highest BCUT2D eigenvalue weighted by Crippen LogP contribution is 2.24. The Kier molecular flexibility index (Phi) is 13.2. The van der Waals surface area contributed by atoms with Crippen LogP contribution in [0.4, 0.5) is 0 Å². The van der Waals surface area contributed by atoms with Gasteiger partial charge in [-0.2, -0.15) is 0 Å². The summed E-state index contributed by atoms with van der Waals surface area (Å²) >= 11 is 5.59. The minimum atomic E-state index is -3.59. The van der Waals surface area contributed by atoms with Crippen LogP contribution in [-0.2, 0) is 24.9 Å². The van der Waals surface area contributed by atoms with Crippen molar-refractivity contribution in [1.82, 2.24) is 4.31 Å². The number of hydrogen-bond acceptors (Lipinski definition) is 5. The fourth-order valence-corrected chi connectivity index (χ4v) is 1.58. The van der Waals surface area contributed by atoms with Gasteiger partial charge >= 0.3 is 0 Å². The topological polar surface area (TPSA) is 83.6 Å². The van der Waals surface area contributed by atoms with Gasteiger partial charge in [0.05, 0.1) is 4.75 Å². The highest BCUT2D eigenvalue weighted by Gasteiger charge is 2.32. The van der Waals surface area contributed by atoms with E-state index in [2.05, 4.69) is 16.9 Å². The normalized spacial score (nSPS) is 13.2. The molecular weight excluding hydrogens is 280 g/mol. The molecule has 5 nitrogen and oxygen atoms in total. The van der Waals surface area contributed by atoms with Gasteiger partial charge in [-0.3, -0.25) is 9.35 Å². The molecule has 1 amide bonds. The third-order valence-electron chi connectivity index (χ3n) is 1.66. The summed E-state index contributed by atoms with van der Waals surface area (Å²) in [6.45, 7) is 7.36. The van der Waals surface area contributed by atoms with Crippen LogP contribution in [0.25, 0.3) is 0 Å². The van der Waals surface area contributed by atoms with Gasteiger partial charge in [-0.15, -0.1) is 11.8 Å². The third-order valence-corrected chi connectivity index (χ3v) is 4.38. The largest absolute Gasteiger partial charge is 0.333 e. The first kappa shape index (κ1) is 22.3. The van der Waals surface area contributed by atoms with E-state index < -0.39 is 19.6 Å². The van der Waals surface area contributed by atoms with Crippen molar-refractivity contribution < 1.29 is 13.6 Å². The van der Waals surface area contributed by atoms with E-state index in [9.17, 15) is 9.00 Å². The summed E-state index contributed by atoms with van der Waals surface area (Å²) < 4.78 is 19.9. The van der Waals surface area contributed by atoms with Crippen LogP contribution in [-0.4, -0.2) is 44.1 Å². The van der Waals surface area contributed by atoms with Gasteiger partial charge in [-0.25, -0.2) is 8.51 Å². The average molecular weight is 305 g/mol. The number of rotatable bonds is 3. The van der Waals surface area contributed by atoms with Crippen LogP contribution < -0.4 is 5.73 Å². The third kappa shape index (κ3) is 8.78. The molecule has 0 heterocycles. The Labute approximate surface area is 114 Å². The second-order valence-electron chi connectivity index (χ2n) is 2.96. The van der Waals surface area contributed by atoms with Crippen molar-refractivity contribution >= 4 is 37.8 Å². The van der Waals surface area contributed by atoms with Crippen molar-refractivity contribution in [2.75, 3.05) is 20.4 Å². The van der Waals surface area contributed by atoms with Crippen molar-refractivity contribution in [1.29, 1.82) is 0 Å². The van der Waals surface area contributed by atoms with Crippen LogP contribution in [0.3, 0.4) is 0 Å². The van der Waals surface area contributed by atoms with E-state index in [1.54, 1.807) is 20.1 Å². The zero-order chi connectivity index (χ0) is 14.9. The molecule has 17 heavy (non-hydrogen) atoms. The fraction of sp³-hybridized carbons (Fsp3) is 0.889. The Morgan fingerprint density at radius 2 is 1.71 bits per heavy atom. The molecule has 3 N–H and O–H groups in total. The molecule has 0 aliphatic heterocycles. The zero-order valence-corrected chi connectivity index (χ0v) is 14.0. The first-order valence-corrected chi connectivity index (χ1v) is 8.63. The van der Waals surface area contributed by atoms with Crippen LogP contribution >= 0.6 is 11.8 Å². The van der Waals surface area contributed by atoms with E-state index in [0.717, 1.165) is 0 Å². The molecule has 0 aliphatic rings. The maximum absolute atomic E-state index is 11.5. The van der Waals surface area contributed by atoms with Crippen molar-refractivity contribution in [2.24, 2.45) is 5.73 Å². The van der Waals surface area contributed by atoms with Gasteiger partial charge < -0.3 is 5.73 Å². The molecule has 0 saturated carbocycles. The van der Waals surface area contributed by atoms with Gasteiger partial charge in [-0.1, -0.05) is 13.8 Å². The number of hydrogen-bond donors (Lipinski definition) is 2. The summed E-state index contributed by atoms with van der Waals surface area (Å²) in [5, 5.41) is 0. The van der Waals surface area contributed by atoms with Crippen LogP contribution in [0, 0.1) is 0 Å². The van der Waals surface area contributed by atoms with Crippen LogP contribution in [0.15, 0.2) is 0 Å². The molecule has 0 bridgehead atoms. The molecule has 0 spiro atoms. The van der Waals surface area contributed by atoms with Crippen LogP contribution in [0.2, 0.25) is 0 Å². The highest BCUT2D eigenvalue weighted by molar-refractivity contribution is 8.28. The van der Waals surface area contributed by atoms with Gasteiger partial charge in [0.2, 0.25) is 8.96 Å². The lowest BCUT2D eigenvalue weighted by Crippen LogP contribution is -2.43. The zero-order valence-electron chi connectivity index (χ0n) is 11.5. The summed E-state index contributed by atoms with van der Waals surface area (Å²) in [6.07, 6.45) is 1.76. The van der Waals surface area contributed by atoms with E-state index in [1.807, 2.05) is 13.8 Å². The summed E-state index contributed by atoms with van der Waals surface area (Å²) in [7, 11) is -0.860. The first-order valence-electron chi connectivity index (χ1n) is 5.01. The number of thioether (sulfide) groups is 1. The molecule has 1 unspecified atom stereocenters. The van der Waals surface area contributed by atoms with E-state index in [0.29, 0.717) is 4.31 Å². The van der Waals surface area contributed by atoms with E-state index in [-0.39, 0.29) is 0 Å². The number of carbonyl (C=O) groups excluding carboxylic acids is 1. The Bertz CT molecular complexity index is 303. The monoisotopic (exact) mass is 304 g/mol. The molecule has 106 valence electrons. The second-order valence-corrected chi connectivity index (χ2v) is 7.14. The smallest absolute Gasteiger partial charge is 0.251 e. The first-order chi connectivity index (χ1) is 7.63. The van der Waals surface area contributed by atoms with Crippen molar-refractivity contribution in [3.05, 3.63) is 0 Å². The molecule has 8 heteroatoms. The van der Waals surface area contributed by atoms with Gasteiger partial charge in [0.25, 0.3) is 5.91 Å². The lowest BCUT2D eigenvalue weighted by Gasteiger charge is -2.26. The van der Waals surface area contributed by atoms with Crippen LogP contribution in [0.5, 0.6) is 0 Å². The Morgan fingerprint density at radius 1 is 1.41 bits per heavy atom. The SMILES string of the molecule is CC.CN.CSC(C)(C)C(=O)N(C)S(=O)(O)=S. The molecule has 0 aromatic rings. The van der Waals surface area contributed by atoms with Gasteiger partial charge in [0.15, 0.2) is 0 Å². The van der Waals surface area contributed by atoms with Gasteiger partial charge in [0.1, 0.15) is 0 Å². The van der Waals surface area contributed by atoms with Crippen molar-refractivity contribution in [3.63, 3.8) is 0 Å². The predicted molar refractivity (Wildman–Crippen MR) is 80.0 cm³/mol. The molecule has 0 aromatic heterocycles. The standard InChI is InChI=1S/C6H13NO3S3.C2H6.CH5N/c1-6(2,12-4)5(8)7(3)13(9,10)11;2*1-2/h1-4H3,(H,9,10,11);1-2H3;2H2,1H3. The van der Waals surface area contributed by atoms with Crippen molar-refractivity contribution in [2.45, 2.75) is 32.4 Å². The van der Waals surface area contributed by atoms with Gasteiger partial charge in [-0.05, 0) is 27.2 Å². The van der Waals surface area contributed by atoms with Crippen LogP contribution in [0.1, 0.15) is 27.7 Å². The second kappa shape index (κ2) is 10.1. The highest BCUT2D eigenvalue weighted by atomic mass is 32.8. The molecular formula is C9H24N2O3S3. The fourth-order valence-electron chi connectivity index (χ4n) is 0.571. The van der Waals surface area contributed by atoms with Gasteiger partial charge in [0, 0.05) is 18.2 Å². The van der Waals surface area contributed by atoms with E-state index in [4.69, 9.17) is 4.55 Å². The number of amides is 1. The quantitative estimate of drug-likeness (QED) is 0.818. The number of nitrogens with two attached hydrogens (primary N) is 1. The Morgan fingerprint density at radius 3 is 1.88 bits per heavy atom. The number of nitrogens with zero attached hydrogens (tertiary/aromatic N) is 1. The maximum atomic E-state index is 11.5. The summed E-state index contributed by atoms with van der Waals surface area (Å²) in [4.78, 5) is 11.5. The van der Waals surface area contributed by atoms with Crippen molar-refractivity contribution in [3.8, 4) is 0 Å². The molecule has 0 aromatic carbocycles. The minimum absolute atomic E-state index is 0.442. The molecule has 0 saturated heterocycles. The molecule has 0 rings (SSSR count). The average Bonchev–Trinajstić information content (AvgIpc) is 2.31. The predicted octanol–water partition coefficient (Wildman–Crippen LogP) is 1.32. The molecule has 0 aliphatic carbocycles. The molecule has 0 fully saturated rings. The van der Waals surface area contributed by atoms with E-state index >= 15 is 0 Å².